The first-order chi connectivity index (χ1) is 24.8. The molecule has 0 fully saturated rings. The molecule has 0 aliphatic rings. The quantitative estimate of drug-likeness (QED) is 0.182. The molecule has 50 heavy (non-hydrogen) atoms. The molecule has 12 rings (SSSR count). The summed E-state index contributed by atoms with van der Waals surface area (Å²) in [6, 6.07) is 48.6. The van der Waals surface area contributed by atoms with Gasteiger partial charge in [0.05, 0.1) is 5.52 Å². The number of rotatable bonds is 2. The van der Waals surface area contributed by atoms with Gasteiger partial charge in [-0.25, -0.2) is 0 Å². The highest BCUT2D eigenvalue weighted by atomic mass is 32.1. The second-order valence-corrected chi connectivity index (χ2v) is 15.4. The molecule has 0 bridgehead atoms. The van der Waals surface area contributed by atoms with E-state index in [1.54, 1.807) is 0 Å². The summed E-state index contributed by atoms with van der Waals surface area (Å²) in [4.78, 5) is 3.82. The van der Waals surface area contributed by atoms with Crippen molar-refractivity contribution in [3.05, 3.63) is 145 Å². The minimum absolute atomic E-state index is 0.915. The lowest BCUT2D eigenvalue weighted by Gasteiger charge is -2.08. The van der Waals surface area contributed by atoms with Crippen LogP contribution in [0, 0.1) is 0 Å². The summed E-state index contributed by atoms with van der Waals surface area (Å²) in [6.45, 7) is 0. The molecular formula is C46H25NOS2. The third-order valence-electron chi connectivity index (χ3n) is 10.6. The lowest BCUT2D eigenvalue weighted by Crippen LogP contribution is -1.83. The first-order valence-corrected chi connectivity index (χ1v) is 18.6. The van der Waals surface area contributed by atoms with Gasteiger partial charge in [0.25, 0.3) is 0 Å². The summed E-state index contributed by atoms with van der Waals surface area (Å²) >= 11 is 3.76. The maximum absolute atomic E-state index is 6.70. The number of H-pyrrole nitrogens is 1. The van der Waals surface area contributed by atoms with Crippen LogP contribution >= 0.6 is 22.7 Å². The van der Waals surface area contributed by atoms with Crippen molar-refractivity contribution in [3.63, 3.8) is 0 Å². The largest absolute Gasteiger partial charge is 0.455 e. The van der Waals surface area contributed by atoms with Gasteiger partial charge in [-0.2, -0.15) is 0 Å². The Balaban J connectivity index is 1.19. The van der Waals surface area contributed by atoms with Crippen molar-refractivity contribution in [1.29, 1.82) is 0 Å². The van der Waals surface area contributed by atoms with Crippen molar-refractivity contribution >= 4 is 140 Å². The topological polar surface area (TPSA) is 28.9 Å². The molecule has 12 aromatic rings. The highest BCUT2D eigenvalue weighted by Crippen LogP contribution is 2.46. The molecule has 0 amide bonds. The average molecular weight is 672 g/mol. The third-order valence-corrected chi connectivity index (χ3v) is 13.0. The predicted octanol–water partition coefficient (Wildman–Crippen LogP) is 14.4. The van der Waals surface area contributed by atoms with E-state index < -0.39 is 0 Å². The van der Waals surface area contributed by atoms with Gasteiger partial charge >= 0.3 is 0 Å². The summed E-state index contributed by atoms with van der Waals surface area (Å²) in [7, 11) is 0. The fourth-order valence-corrected chi connectivity index (χ4v) is 10.8. The molecule has 0 unspecified atom stereocenters. The van der Waals surface area contributed by atoms with Crippen LogP contribution in [-0.2, 0) is 0 Å². The van der Waals surface area contributed by atoms with Gasteiger partial charge in [-0.05, 0) is 53.6 Å². The van der Waals surface area contributed by atoms with Crippen molar-refractivity contribution in [2.75, 3.05) is 0 Å². The second-order valence-electron chi connectivity index (χ2n) is 13.3. The normalized spacial score (nSPS) is 12.7. The van der Waals surface area contributed by atoms with Gasteiger partial charge in [0.1, 0.15) is 11.2 Å². The molecule has 0 spiro atoms. The van der Waals surface area contributed by atoms with Crippen LogP contribution in [0.25, 0.3) is 118 Å². The van der Waals surface area contributed by atoms with Crippen LogP contribution in [0.15, 0.2) is 138 Å². The highest BCUT2D eigenvalue weighted by Gasteiger charge is 2.19. The summed E-state index contributed by atoms with van der Waals surface area (Å²) in [5.74, 6) is 0. The Morgan fingerprint density at radius 2 is 0.980 bits per heavy atom. The van der Waals surface area contributed by atoms with Gasteiger partial charge in [-0.1, -0.05) is 103 Å². The number of furan rings is 1. The second kappa shape index (κ2) is 9.82. The Hall–Kier alpha value is -5.94. The maximum Gasteiger partial charge on any atom is 0.143 e. The number of thiophene rings is 2. The van der Waals surface area contributed by atoms with E-state index in [0.29, 0.717) is 0 Å². The van der Waals surface area contributed by atoms with Crippen LogP contribution < -0.4 is 0 Å². The molecule has 4 aromatic heterocycles. The van der Waals surface area contributed by atoms with Crippen molar-refractivity contribution in [1.82, 2.24) is 4.98 Å². The number of aromatic amines is 1. The smallest absolute Gasteiger partial charge is 0.143 e. The van der Waals surface area contributed by atoms with Gasteiger partial charge in [0.15, 0.2) is 0 Å². The molecule has 2 nitrogen and oxygen atoms in total. The Kier molecular flexibility index (Phi) is 5.29. The van der Waals surface area contributed by atoms with E-state index in [1.165, 1.54) is 78.4 Å². The lowest BCUT2D eigenvalue weighted by molar-refractivity contribution is 0.672. The van der Waals surface area contributed by atoms with Crippen molar-refractivity contribution in [3.8, 4) is 0 Å². The molecule has 8 aromatic carbocycles. The zero-order valence-corrected chi connectivity index (χ0v) is 28.2. The van der Waals surface area contributed by atoms with E-state index in [2.05, 4.69) is 151 Å². The molecule has 0 atom stereocenters. The van der Waals surface area contributed by atoms with E-state index in [0.717, 1.165) is 38.4 Å². The Morgan fingerprint density at radius 3 is 1.70 bits per heavy atom. The molecule has 0 radical (unpaired) electrons. The highest BCUT2D eigenvalue weighted by molar-refractivity contribution is 7.27. The number of aromatic nitrogens is 1. The SMILES string of the molecule is C(=C\c1cc2c(ccc3c4ccccc4sc32)c2oc3ccccc3c12)/c1cc2c(ccc3c4ccccc4sc32)c2[nH]c3ccccc3c12. The fraction of sp³-hybridized carbons (Fsp3) is 0. The van der Waals surface area contributed by atoms with Crippen LogP contribution in [0.5, 0.6) is 0 Å². The van der Waals surface area contributed by atoms with Crippen LogP contribution in [0.2, 0.25) is 0 Å². The van der Waals surface area contributed by atoms with E-state index in [1.807, 2.05) is 22.7 Å². The molecule has 4 heterocycles. The molecule has 1 N–H and O–H groups in total. The van der Waals surface area contributed by atoms with Gasteiger partial charge < -0.3 is 9.40 Å². The number of para-hydroxylation sites is 2. The Labute approximate surface area is 293 Å². The Bertz CT molecular complexity index is 3210. The van der Waals surface area contributed by atoms with Crippen LogP contribution in [0.1, 0.15) is 11.1 Å². The van der Waals surface area contributed by atoms with Gasteiger partial charge in [-0.3, -0.25) is 0 Å². The zero-order valence-electron chi connectivity index (χ0n) is 26.6. The number of fused-ring (bicyclic) bond motifs is 18. The number of hydrogen-bond donors (Lipinski definition) is 1. The first kappa shape index (κ1) is 26.9. The molecule has 4 heteroatoms. The van der Waals surface area contributed by atoms with E-state index in [9.17, 15) is 0 Å². The van der Waals surface area contributed by atoms with E-state index in [-0.39, 0.29) is 0 Å². The number of benzene rings is 8. The minimum Gasteiger partial charge on any atom is -0.455 e. The Morgan fingerprint density at radius 1 is 0.440 bits per heavy atom. The van der Waals surface area contributed by atoms with Gasteiger partial charge in [-0.15, -0.1) is 22.7 Å². The summed E-state index contributed by atoms with van der Waals surface area (Å²) in [5.41, 5.74) is 6.57. The lowest BCUT2D eigenvalue weighted by atomic mass is 9.96. The molecule has 0 aliphatic carbocycles. The van der Waals surface area contributed by atoms with E-state index >= 15 is 0 Å². The molecule has 0 saturated carbocycles. The standard InChI is InChI=1S/C46H25NOS2/c1-5-13-37-33(11-1)41-25(23-35-29(43(41)47-37)19-21-31-27-9-3-7-15-39(27)49-45(31)35)17-18-26-24-36-30(44-42(26)34-12-2-6-14-38(34)48-44)20-22-32-28-10-4-8-16-40(28)50-46(32)36/h1-24,47H/b18-17+. The summed E-state index contributed by atoms with van der Waals surface area (Å²) < 4.78 is 12.0. The predicted molar refractivity (Wildman–Crippen MR) is 219 cm³/mol. The summed E-state index contributed by atoms with van der Waals surface area (Å²) in [6.07, 6.45) is 4.66. The molecular weight excluding hydrogens is 647 g/mol. The van der Waals surface area contributed by atoms with Gasteiger partial charge in [0.2, 0.25) is 0 Å². The first-order valence-electron chi connectivity index (χ1n) is 16.9. The summed E-state index contributed by atoms with van der Waals surface area (Å²) in [5, 5.41) is 15.0. The molecule has 0 saturated heterocycles. The monoisotopic (exact) mass is 671 g/mol. The van der Waals surface area contributed by atoms with Crippen LogP contribution in [0.4, 0.5) is 0 Å². The van der Waals surface area contributed by atoms with Crippen molar-refractivity contribution in [2.24, 2.45) is 0 Å². The minimum atomic E-state index is 0.915. The van der Waals surface area contributed by atoms with Crippen molar-refractivity contribution < 1.29 is 4.42 Å². The molecule has 232 valence electrons. The van der Waals surface area contributed by atoms with Crippen molar-refractivity contribution in [2.45, 2.75) is 0 Å². The zero-order chi connectivity index (χ0) is 32.5. The fourth-order valence-electron chi connectivity index (χ4n) is 8.39. The van der Waals surface area contributed by atoms with Crippen LogP contribution in [-0.4, -0.2) is 4.98 Å². The molecule has 0 aliphatic heterocycles. The average Bonchev–Trinajstić information content (AvgIpc) is 3.94. The third kappa shape index (κ3) is 3.56. The number of nitrogens with one attached hydrogen (secondary N) is 1. The van der Waals surface area contributed by atoms with Gasteiger partial charge in [0, 0.05) is 89.0 Å². The van der Waals surface area contributed by atoms with Crippen LogP contribution in [0.3, 0.4) is 0 Å². The number of hydrogen-bond acceptors (Lipinski definition) is 3. The van der Waals surface area contributed by atoms with E-state index in [4.69, 9.17) is 4.42 Å². The maximum atomic E-state index is 6.70.